The fourth-order valence-electron chi connectivity index (χ4n) is 2.84. The standard InChI is InChI=1S/C21H23FN4O5S/c1-5-6-17(27)13(2)12-31-20-18(32(29,30)24-3)11-26(4)19(20)21(28)25-15-7-8-16(22)14(9-15)10-23/h5,7-9,11,13,17,27H,1,3,6,12H2,2,4H3,(H,25,28)/t13?,17-/m0/s1. The number of anilines is 1. The van der Waals surface area contributed by atoms with E-state index in [2.05, 4.69) is 23.0 Å². The molecule has 0 aliphatic carbocycles. The van der Waals surface area contributed by atoms with E-state index in [1.165, 1.54) is 23.8 Å². The summed E-state index contributed by atoms with van der Waals surface area (Å²) in [5.41, 5.74) is -0.295. The second kappa shape index (κ2) is 10.2. The molecule has 0 radical (unpaired) electrons. The lowest BCUT2D eigenvalue weighted by atomic mass is 10.0. The number of benzene rings is 1. The molecule has 2 atom stereocenters. The van der Waals surface area contributed by atoms with E-state index in [9.17, 15) is 22.7 Å². The summed E-state index contributed by atoms with van der Waals surface area (Å²) >= 11 is 0. The first-order valence-electron chi connectivity index (χ1n) is 9.40. The summed E-state index contributed by atoms with van der Waals surface area (Å²) in [7, 11) is -2.78. The lowest BCUT2D eigenvalue weighted by Crippen LogP contribution is -2.24. The molecule has 1 amide bonds. The van der Waals surface area contributed by atoms with Crippen molar-refractivity contribution in [3.63, 3.8) is 0 Å². The van der Waals surface area contributed by atoms with Gasteiger partial charge in [-0.25, -0.2) is 4.39 Å². The summed E-state index contributed by atoms with van der Waals surface area (Å²) in [6.07, 6.45) is 2.22. The Hall–Kier alpha value is -3.49. The molecule has 170 valence electrons. The maximum absolute atomic E-state index is 13.6. The van der Waals surface area contributed by atoms with Crippen LogP contribution in [0.4, 0.5) is 10.1 Å². The predicted molar refractivity (Wildman–Crippen MR) is 117 cm³/mol. The van der Waals surface area contributed by atoms with Gasteiger partial charge in [-0.3, -0.25) is 4.79 Å². The Bertz CT molecular complexity index is 1180. The highest BCUT2D eigenvalue weighted by Gasteiger charge is 2.30. The molecule has 32 heavy (non-hydrogen) atoms. The molecule has 0 aliphatic rings. The van der Waals surface area contributed by atoms with E-state index in [4.69, 9.17) is 10.00 Å². The number of aliphatic hydroxyl groups excluding tert-OH is 1. The minimum Gasteiger partial charge on any atom is -0.489 e. The maximum Gasteiger partial charge on any atom is 0.286 e. The van der Waals surface area contributed by atoms with Crippen LogP contribution in [0.25, 0.3) is 0 Å². The van der Waals surface area contributed by atoms with Crippen molar-refractivity contribution in [2.24, 2.45) is 17.4 Å². The largest absolute Gasteiger partial charge is 0.489 e. The summed E-state index contributed by atoms with van der Waals surface area (Å²) in [6, 6.07) is 5.10. The van der Waals surface area contributed by atoms with Gasteiger partial charge in [0.2, 0.25) is 0 Å². The monoisotopic (exact) mass is 462 g/mol. The number of nitrogens with one attached hydrogen (secondary N) is 1. The number of ether oxygens (including phenoxy) is 1. The van der Waals surface area contributed by atoms with Crippen LogP contribution in [0.15, 0.2) is 46.3 Å². The molecule has 9 nitrogen and oxygen atoms in total. The van der Waals surface area contributed by atoms with Crippen molar-refractivity contribution in [3.05, 3.63) is 54.1 Å². The number of aromatic nitrogens is 1. The van der Waals surface area contributed by atoms with Crippen LogP contribution in [-0.4, -0.2) is 43.4 Å². The van der Waals surface area contributed by atoms with Crippen LogP contribution in [0.5, 0.6) is 5.75 Å². The molecule has 0 spiro atoms. The summed E-state index contributed by atoms with van der Waals surface area (Å²) in [5.74, 6) is -2.18. The molecular formula is C21H23FN4O5S. The third-order valence-corrected chi connectivity index (χ3v) is 5.85. The van der Waals surface area contributed by atoms with Gasteiger partial charge < -0.3 is 19.7 Å². The first kappa shape index (κ1) is 24.8. The molecule has 0 saturated heterocycles. The smallest absolute Gasteiger partial charge is 0.286 e. The molecule has 1 heterocycles. The molecule has 2 rings (SSSR count). The summed E-state index contributed by atoms with van der Waals surface area (Å²) < 4.78 is 48.4. The van der Waals surface area contributed by atoms with Gasteiger partial charge in [0.1, 0.15) is 16.8 Å². The maximum atomic E-state index is 13.6. The first-order chi connectivity index (χ1) is 15.0. The van der Waals surface area contributed by atoms with E-state index in [-0.39, 0.29) is 34.2 Å². The molecule has 1 aromatic carbocycles. The Balaban J connectivity index is 2.45. The second-order valence-electron chi connectivity index (χ2n) is 7.03. The highest BCUT2D eigenvalue weighted by Crippen LogP contribution is 2.32. The van der Waals surface area contributed by atoms with Gasteiger partial charge in [-0.05, 0) is 24.6 Å². The van der Waals surface area contributed by atoms with E-state index >= 15 is 0 Å². The topological polar surface area (TPSA) is 134 Å². The zero-order valence-electron chi connectivity index (χ0n) is 17.6. The number of halogens is 1. The zero-order chi connectivity index (χ0) is 24.1. The summed E-state index contributed by atoms with van der Waals surface area (Å²) in [6.45, 7) is 8.20. The van der Waals surface area contributed by atoms with Crippen molar-refractivity contribution < 1.29 is 27.4 Å². The van der Waals surface area contributed by atoms with Crippen LogP contribution in [0, 0.1) is 23.1 Å². The van der Waals surface area contributed by atoms with Crippen LogP contribution in [0.2, 0.25) is 0 Å². The van der Waals surface area contributed by atoms with Crippen molar-refractivity contribution in [3.8, 4) is 11.8 Å². The Morgan fingerprint density at radius 1 is 1.50 bits per heavy atom. The number of amides is 1. The summed E-state index contributed by atoms with van der Waals surface area (Å²) in [5, 5.41) is 21.5. The van der Waals surface area contributed by atoms with Gasteiger partial charge in [0, 0.05) is 31.6 Å². The van der Waals surface area contributed by atoms with Crippen molar-refractivity contribution >= 4 is 28.3 Å². The second-order valence-corrected chi connectivity index (χ2v) is 8.67. The van der Waals surface area contributed by atoms with Gasteiger partial charge in [0.05, 0.1) is 18.3 Å². The highest BCUT2D eigenvalue weighted by molar-refractivity contribution is 7.90. The third kappa shape index (κ3) is 5.40. The van der Waals surface area contributed by atoms with E-state index in [0.717, 1.165) is 18.3 Å². The molecular weight excluding hydrogens is 439 g/mol. The van der Waals surface area contributed by atoms with Crippen LogP contribution in [0.1, 0.15) is 29.4 Å². The molecule has 0 fully saturated rings. The molecule has 1 aromatic heterocycles. The normalized spacial score (nSPS) is 13.0. The first-order valence-corrected chi connectivity index (χ1v) is 10.8. The van der Waals surface area contributed by atoms with E-state index in [1.807, 2.05) is 0 Å². The average molecular weight is 463 g/mol. The number of nitrogens with zero attached hydrogens (tertiary/aromatic N) is 3. The fraction of sp³-hybridized carbons (Fsp3) is 0.286. The molecule has 2 N–H and O–H groups in total. The minimum absolute atomic E-state index is 0.103. The molecule has 2 aromatic rings. The SMILES string of the molecule is C=CC[C@H](O)C(C)COc1c(S(=O)(=O)N=C)cn(C)c1C(=O)Nc1ccc(F)c(C#N)c1. The number of aryl methyl sites for hydroxylation is 1. The van der Waals surface area contributed by atoms with Crippen molar-refractivity contribution in [1.82, 2.24) is 4.57 Å². The predicted octanol–water partition coefficient (Wildman–Crippen LogP) is 2.63. The number of aliphatic hydroxyl groups is 1. The number of hydrogen-bond donors (Lipinski definition) is 2. The minimum atomic E-state index is -4.21. The quantitative estimate of drug-likeness (QED) is 0.412. The number of carbonyl (C=O) groups is 1. The Labute approximate surface area is 185 Å². The molecule has 1 unspecified atom stereocenters. The zero-order valence-corrected chi connectivity index (χ0v) is 18.4. The number of nitriles is 1. The molecule has 11 heteroatoms. The van der Waals surface area contributed by atoms with E-state index in [0.29, 0.717) is 6.42 Å². The molecule has 0 saturated carbocycles. The van der Waals surface area contributed by atoms with Crippen LogP contribution in [-0.2, 0) is 17.1 Å². The Morgan fingerprint density at radius 2 is 2.19 bits per heavy atom. The van der Waals surface area contributed by atoms with Crippen LogP contribution >= 0.6 is 0 Å². The van der Waals surface area contributed by atoms with Crippen molar-refractivity contribution in [2.45, 2.75) is 24.3 Å². The van der Waals surface area contributed by atoms with Gasteiger partial charge >= 0.3 is 0 Å². The van der Waals surface area contributed by atoms with Gasteiger partial charge in [-0.2, -0.15) is 18.1 Å². The van der Waals surface area contributed by atoms with Crippen molar-refractivity contribution in [1.29, 1.82) is 5.26 Å². The number of rotatable bonds is 10. The lowest BCUT2D eigenvalue weighted by molar-refractivity contribution is 0.0850. The fourth-order valence-corrected chi connectivity index (χ4v) is 3.66. The number of hydrogen-bond acceptors (Lipinski definition) is 6. The highest BCUT2D eigenvalue weighted by atomic mass is 32.2. The van der Waals surface area contributed by atoms with Crippen molar-refractivity contribution in [2.75, 3.05) is 11.9 Å². The van der Waals surface area contributed by atoms with Crippen LogP contribution in [0.3, 0.4) is 0 Å². The lowest BCUT2D eigenvalue weighted by Gasteiger charge is -2.19. The van der Waals surface area contributed by atoms with Crippen LogP contribution < -0.4 is 10.1 Å². The summed E-state index contributed by atoms with van der Waals surface area (Å²) in [4.78, 5) is 12.6. The Kier molecular flexibility index (Phi) is 7.91. The van der Waals surface area contributed by atoms with Gasteiger partial charge in [0.15, 0.2) is 11.4 Å². The van der Waals surface area contributed by atoms with Gasteiger partial charge in [-0.1, -0.05) is 13.0 Å². The van der Waals surface area contributed by atoms with E-state index < -0.39 is 33.8 Å². The van der Waals surface area contributed by atoms with Gasteiger partial charge in [0.25, 0.3) is 15.9 Å². The number of sulfonamides is 1. The third-order valence-electron chi connectivity index (χ3n) is 4.67. The molecule has 0 aliphatic heterocycles. The molecule has 0 bridgehead atoms. The average Bonchev–Trinajstić information content (AvgIpc) is 3.10. The number of carbonyl (C=O) groups excluding carboxylic acids is 1. The van der Waals surface area contributed by atoms with Gasteiger partial charge in [-0.15, -0.1) is 6.58 Å². The van der Waals surface area contributed by atoms with E-state index in [1.54, 1.807) is 13.0 Å². The Morgan fingerprint density at radius 3 is 2.78 bits per heavy atom.